The standard InChI is InChI=1S/C15H17N3O2S/c1-3-10-15(20)18(9(2)14(19)17-10)8-13-16-11-6-4-5-7-12(11)21-13/h4-7,9-10H,3,8H2,1-2H3,(H,17,19). The van der Waals surface area contributed by atoms with Crippen molar-refractivity contribution < 1.29 is 9.59 Å². The van der Waals surface area contributed by atoms with Crippen LogP contribution in [-0.2, 0) is 16.1 Å². The largest absolute Gasteiger partial charge is 0.343 e. The maximum Gasteiger partial charge on any atom is 0.246 e. The van der Waals surface area contributed by atoms with Crippen LogP contribution in [0.5, 0.6) is 0 Å². The molecule has 5 nitrogen and oxygen atoms in total. The summed E-state index contributed by atoms with van der Waals surface area (Å²) < 4.78 is 1.10. The van der Waals surface area contributed by atoms with Gasteiger partial charge in [0.2, 0.25) is 11.8 Å². The zero-order valence-electron chi connectivity index (χ0n) is 12.0. The maximum absolute atomic E-state index is 12.4. The van der Waals surface area contributed by atoms with Crippen LogP contribution in [-0.4, -0.2) is 33.8 Å². The number of hydrogen-bond donors (Lipinski definition) is 1. The van der Waals surface area contributed by atoms with Crippen LogP contribution in [0.3, 0.4) is 0 Å². The molecule has 1 aromatic carbocycles. The van der Waals surface area contributed by atoms with E-state index in [0.29, 0.717) is 13.0 Å². The van der Waals surface area contributed by atoms with Crippen LogP contribution >= 0.6 is 11.3 Å². The van der Waals surface area contributed by atoms with Crippen LogP contribution in [0.25, 0.3) is 10.2 Å². The van der Waals surface area contributed by atoms with Crippen molar-refractivity contribution in [3.8, 4) is 0 Å². The number of hydrogen-bond acceptors (Lipinski definition) is 4. The van der Waals surface area contributed by atoms with Gasteiger partial charge in [0.15, 0.2) is 0 Å². The van der Waals surface area contributed by atoms with Crippen molar-refractivity contribution in [1.82, 2.24) is 15.2 Å². The number of carbonyl (C=O) groups excluding carboxylic acids is 2. The molecule has 0 radical (unpaired) electrons. The smallest absolute Gasteiger partial charge is 0.246 e. The lowest BCUT2D eigenvalue weighted by molar-refractivity contribution is -0.149. The molecule has 0 aliphatic carbocycles. The lowest BCUT2D eigenvalue weighted by Crippen LogP contribution is -2.61. The molecule has 110 valence electrons. The Labute approximate surface area is 127 Å². The second kappa shape index (κ2) is 5.44. The van der Waals surface area contributed by atoms with Crippen molar-refractivity contribution in [3.05, 3.63) is 29.3 Å². The first-order chi connectivity index (χ1) is 10.1. The van der Waals surface area contributed by atoms with Gasteiger partial charge in [0.1, 0.15) is 17.1 Å². The number of amides is 2. The lowest BCUT2D eigenvalue weighted by Gasteiger charge is -2.36. The van der Waals surface area contributed by atoms with E-state index in [1.165, 1.54) is 0 Å². The van der Waals surface area contributed by atoms with E-state index in [1.54, 1.807) is 23.2 Å². The topological polar surface area (TPSA) is 62.3 Å². The Morgan fingerprint density at radius 3 is 2.81 bits per heavy atom. The normalized spacial score (nSPS) is 22.7. The molecule has 0 bridgehead atoms. The second-order valence-electron chi connectivity index (χ2n) is 5.19. The van der Waals surface area contributed by atoms with Crippen molar-refractivity contribution in [2.45, 2.75) is 38.9 Å². The Bertz CT molecular complexity index is 664. The number of piperazine rings is 1. The number of nitrogens with zero attached hydrogens (tertiary/aromatic N) is 2. The Kier molecular flexibility index (Phi) is 3.63. The third-order valence-electron chi connectivity index (χ3n) is 3.80. The summed E-state index contributed by atoms with van der Waals surface area (Å²) in [6.07, 6.45) is 0.605. The molecule has 2 aromatic rings. The Morgan fingerprint density at radius 1 is 1.33 bits per heavy atom. The number of rotatable bonds is 3. The number of fused-ring (bicyclic) bond motifs is 1. The molecule has 1 aliphatic heterocycles. The molecule has 1 fully saturated rings. The van der Waals surface area contributed by atoms with E-state index in [2.05, 4.69) is 10.3 Å². The van der Waals surface area contributed by atoms with Crippen LogP contribution in [0.15, 0.2) is 24.3 Å². The molecule has 21 heavy (non-hydrogen) atoms. The molecule has 2 heterocycles. The summed E-state index contributed by atoms with van der Waals surface area (Å²) in [6.45, 7) is 4.05. The minimum atomic E-state index is -0.452. The van der Waals surface area contributed by atoms with E-state index in [4.69, 9.17) is 0 Å². The van der Waals surface area contributed by atoms with Crippen LogP contribution in [0.4, 0.5) is 0 Å². The van der Waals surface area contributed by atoms with Gasteiger partial charge in [0.05, 0.1) is 16.8 Å². The van der Waals surface area contributed by atoms with Gasteiger partial charge < -0.3 is 10.2 Å². The van der Waals surface area contributed by atoms with Crippen LogP contribution < -0.4 is 5.32 Å². The van der Waals surface area contributed by atoms with Gasteiger partial charge in [-0.15, -0.1) is 11.3 Å². The van der Waals surface area contributed by atoms with E-state index >= 15 is 0 Å². The fraction of sp³-hybridized carbons (Fsp3) is 0.400. The molecule has 6 heteroatoms. The summed E-state index contributed by atoms with van der Waals surface area (Å²) in [5.74, 6) is -0.119. The first kappa shape index (κ1) is 14.0. The highest BCUT2D eigenvalue weighted by molar-refractivity contribution is 7.18. The molecule has 0 spiro atoms. The monoisotopic (exact) mass is 303 g/mol. The van der Waals surface area contributed by atoms with E-state index in [0.717, 1.165) is 15.2 Å². The van der Waals surface area contributed by atoms with Gasteiger partial charge in [-0.3, -0.25) is 9.59 Å². The van der Waals surface area contributed by atoms with Crippen molar-refractivity contribution in [3.63, 3.8) is 0 Å². The lowest BCUT2D eigenvalue weighted by atomic mass is 10.1. The summed E-state index contributed by atoms with van der Waals surface area (Å²) >= 11 is 1.57. The van der Waals surface area contributed by atoms with Crippen molar-refractivity contribution >= 4 is 33.4 Å². The van der Waals surface area contributed by atoms with Gasteiger partial charge in [-0.25, -0.2) is 4.98 Å². The Balaban J connectivity index is 1.87. The van der Waals surface area contributed by atoms with Crippen molar-refractivity contribution in [2.24, 2.45) is 0 Å². The van der Waals surface area contributed by atoms with Crippen LogP contribution in [0, 0.1) is 0 Å². The highest BCUT2D eigenvalue weighted by Crippen LogP contribution is 2.24. The van der Waals surface area contributed by atoms with E-state index in [9.17, 15) is 9.59 Å². The first-order valence-corrected chi connectivity index (χ1v) is 7.87. The van der Waals surface area contributed by atoms with Gasteiger partial charge in [-0.1, -0.05) is 19.1 Å². The zero-order valence-corrected chi connectivity index (χ0v) is 12.8. The zero-order chi connectivity index (χ0) is 15.0. The summed E-state index contributed by atoms with van der Waals surface area (Å²) in [5, 5.41) is 3.62. The fourth-order valence-corrected chi connectivity index (χ4v) is 3.48. The number of benzene rings is 1. The molecule has 1 aliphatic rings. The molecule has 2 unspecified atom stereocenters. The molecular formula is C15H17N3O2S. The average Bonchev–Trinajstić information content (AvgIpc) is 2.89. The van der Waals surface area contributed by atoms with E-state index in [1.807, 2.05) is 31.2 Å². The molecule has 1 saturated heterocycles. The SMILES string of the molecule is CCC1NC(=O)C(C)N(Cc2nc3ccccc3s2)C1=O. The summed E-state index contributed by atoms with van der Waals surface area (Å²) in [5.41, 5.74) is 0.936. The quantitative estimate of drug-likeness (QED) is 0.942. The molecule has 1 aromatic heterocycles. The number of para-hydroxylation sites is 1. The highest BCUT2D eigenvalue weighted by atomic mass is 32.1. The second-order valence-corrected chi connectivity index (χ2v) is 6.30. The molecule has 2 amide bonds. The molecular weight excluding hydrogens is 286 g/mol. The summed E-state index contributed by atoms with van der Waals surface area (Å²) in [6, 6.07) is 7.02. The van der Waals surface area contributed by atoms with Gasteiger partial charge in [-0.2, -0.15) is 0 Å². The molecule has 1 N–H and O–H groups in total. The molecule has 2 atom stereocenters. The third-order valence-corrected chi connectivity index (χ3v) is 4.82. The summed E-state index contributed by atoms with van der Waals surface area (Å²) in [4.78, 5) is 30.6. The summed E-state index contributed by atoms with van der Waals surface area (Å²) in [7, 11) is 0. The van der Waals surface area contributed by atoms with Crippen molar-refractivity contribution in [1.29, 1.82) is 0 Å². The third kappa shape index (κ3) is 2.51. The van der Waals surface area contributed by atoms with Gasteiger partial charge in [0, 0.05) is 0 Å². The van der Waals surface area contributed by atoms with Crippen LogP contribution in [0.2, 0.25) is 0 Å². The highest BCUT2D eigenvalue weighted by Gasteiger charge is 2.37. The van der Waals surface area contributed by atoms with Crippen molar-refractivity contribution in [2.75, 3.05) is 0 Å². The average molecular weight is 303 g/mol. The van der Waals surface area contributed by atoms with Gasteiger partial charge >= 0.3 is 0 Å². The maximum atomic E-state index is 12.4. The van der Waals surface area contributed by atoms with E-state index < -0.39 is 12.1 Å². The Hall–Kier alpha value is -1.95. The fourth-order valence-electron chi connectivity index (χ4n) is 2.51. The van der Waals surface area contributed by atoms with Gasteiger partial charge in [-0.05, 0) is 25.5 Å². The van der Waals surface area contributed by atoms with E-state index in [-0.39, 0.29) is 11.8 Å². The minimum Gasteiger partial charge on any atom is -0.343 e. The molecule has 0 saturated carbocycles. The number of carbonyl (C=O) groups is 2. The molecule has 3 rings (SSSR count). The predicted molar refractivity (Wildman–Crippen MR) is 81.9 cm³/mol. The number of nitrogens with one attached hydrogen (secondary N) is 1. The Morgan fingerprint density at radius 2 is 2.10 bits per heavy atom. The predicted octanol–water partition coefficient (Wildman–Crippen LogP) is 1.92. The minimum absolute atomic E-state index is 0.0242. The number of thiazole rings is 1. The van der Waals surface area contributed by atoms with Crippen LogP contribution in [0.1, 0.15) is 25.3 Å². The first-order valence-electron chi connectivity index (χ1n) is 7.05. The van der Waals surface area contributed by atoms with Gasteiger partial charge in [0.25, 0.3) is 0 Å². The number of aromatic nitrogens is 1.